The molecule has 2 rings (SSSR count). The van der Waals surface area contributed by atoms with Gasteiger partial charge in [-0.25, -0.2) is 0 Å². The molecule has 1 saturated heterocycles. The minimum atomic E-state index is 0. The summed E-state index contributed by atoms with van der Waals surface area (Å²) in [5.74, 6) is 1.80. The Balaban J connectivity index is 0.00000180. The third-order valence-electron chi connectivity index (χ3n) is 3.24. The molecule has 7 heteroatoms. The Labute approximate surface area is 119 Å². The number of aromatic nitrogens is 2. The Kier molecular flexibility index (Phi) is 6.80. The lowest BCUT2D eigenvalue weighted by molar-refractivity contribution is -0.121. The molecule has 2 heterocycles. The highest BCUT2D eigenvalue weighted by Crippen LogP contribution is 2.17. The standard InChI is InChI=1S/C12H20N4O2.ClH/c1-9-15-12(18-16-9)8-14-11(17)3-2-10-4-6-13-7-5-10;/h10,13H,2-8H2,1H3,(H,14,17);1H. The van der Waals surface area contributed by atoms with E-state index >= 15 is 0 Å². The molecule has 2 N–H and O–H groups in total. The van der Waals surface area contributed by atoms with E-state index in [-0.39, 0.29) is 18.3 Å². The molecule has 0 radical (unpaired) electrons. The maximum Gasteiger partial charge on any atom is 0.246 e. The van der Waals surface area contributed by atoms with Crippen molar-refractivity contribution in [3.63, 3.8) is 0 Å². The first kappa shape index (κ1) is 15.9. The Morgan fingerprint density at radius 3 is 2.84 bits per heavy atom. The van der Waals surface area contributed by atoms with E-state index in [4.69, 9.17) is 4.52 Å². The van der Waals surface area contributed by atoms with Crippen LogP contribution in [0.4, 0.5) is 0 Å². The van der Waals surface area contributed by atoms with Crippen molar-refractivity contribution in [3.05, 3.63) is 11.7 Å². The molecular weight excluding hydrogens is 268 g/mol. The summed E-state index contributed by atoms with van der Waals surface area (Å²) in [5, 5.41) is 9.79. The van der Waals surface area contributed by atoms with Gasteiger partial charge in [-0.3, -0.25) is 4.79 Å². The first-order valence-electron chi connectivity index (χ1n) is 6.50. The second kappa shape index (κ2) is 8.12. The molecule has 1 aromatic heterocycles. The molecule has 1 amide bonds. The van der Waals surface area contributed by atoms with Gasteiger partial charge < -0.3 is 15.2 Å². The van der Waals surface area contributed by atoms with Crippen LogP contribution in [0.25, 0.3) is 0 Å². The molecule has 1 aliphatic rings. The SMILES string of the molecule is Cc1noc(CNC(=O)CCC2CCNCC2)n1.Cl. The number of carbonyl (C=O) groups excluding carboxylic acids is 1. The van der Waals surface area contributed by atoms with Crippen molar-refractivity contribution in [2.75, 3.05) is 13.1 Å². The Morgan fingerprint density at radius 2 is 2.21 bits per heavy atom. The van der Waals surface area contributed by atoms with E-state index in [1.807, 2.05) is 0 Å². The van der Waals surface area contributed by atoms with Crippen molar-refractivity contribution in [2.45, 2.75) is 39.2 Å². The summed E-state index contributed by atoms with van der Waals surface area (Å²) in [6, 6.07) is 0. The van der Waals surface area contributed by atoms with Gasteiger partial charge in [-0.15, -0.1) is 12.4 Å². The van der Waals surface area contributed by atoms with Crippen LogP contribution in [0.3, 0.4) is 0 Å². The Hall–Kier alpha value is -1.14. The monoisotopic (exact) mass is 288 g/mol. The molecule has 0 aromatic carbocycles. The van der Waals surface area contributed by atoms with Crippen LogP contribution in [0.1, 0.15) is 37.4 Å². The molecule has 0 atom stereocenters. The summed E-state index contributed by atoms with van der Waals surface area (Å²) in [4.78, 5) is 15.7. The fourth-order valence-electron chi connectivity index (χ4n) is 2.18. The summed E-state index contributed by atoms with van der Waals surface area (Å²) in [5.41, 5.74) is 0. The summed E-state index contributed by atoms with van der Waals surface area (Å²) >= 11 is 0. The third-order valence-corrected chi connectivity index (χ3v) is 3.24. The fraction of sp³-hybridized carbons (Fsp3) is 0.750. The summed E-state index contributed by atoms with van der Waals surface area (Å²) in [6.07, 6.45) is 3.90. The van der Waals surface area contributed by atoms with Gasteiger partial charge in [0.1, 0.15) is 0 Å². The van der Waals surface area contributed by atoms with Crippen LogP contribution in [0.2, 0.25) is 0 Å². The number of rotatable bonds is 5. The minimum absolute atomic E-state index is 0. The van der Waals surface area contributed by atoms with Crippen LogP contribution < -0.4 is 10.6 Å². The number of hydrogen-bond donors (Lipinski definition) is 2. The summed E-state index contributed by atoms with van der Waals surface area (Å²) < 4.78 is 4.93. The lowest BCUT2D eigenvalue weighted by Gasteiger charge is -2.22. The lowest BCUT2D eigenvalue weighted by Crippen LogP contribution is -2.29. The zero-order chi connectivity index (χ0) is 12.8. The minimum Gasteiger partial charge on any atom is -0.347 e. The lowest BCUT2D eigenvalue weighted by atomic mass is 9.93. The second-order valence-corrected chi connectivity index (χ2v) is 4.74. The van der Waals surface area contributed by atoms with Crippen molar-refractivity contribution in [3.8, 4) is 0 Å². The van der Waals surface area contributed by atoms with E-state index in [9.17, 15) is 4.79 Å². The zero-order valence-corrected chi connectivity index (χ0v) is 12.0. The molecule has 0 aliphatic carbocycles. The predicted octanol–water partition coefficient (Wildman–Crippen LogP) is 1.20. The van der Waals surface area contributed by atoms with Crippen LogP contribution in [-0.2, 0) is 11.3 Å². The number of nitrogens with zero attached hydrogens (tertiary/aromatic N) is 2. The highest BCUT2D eigenvalue weighted by Gasteiger charge is 2.14. The molecule has 19 heavy (non-hydrogen) atoms. The molecule has 0 unspecified atom stereocenters. The molecule has 1 aromatic rings. The largest absolute Gasteiger partial charge is 0.347 e. The third kappa shape index (κ3) is 5.57. The van der Waals surface area contributed by atoms with E-state index in [0.29, 0.717) is 30.6 Å². The van der Waals surface area contributed by atoms with E-state index in [1.165, 1.54) is 12.8 Å². The number of halogens is 1. The van der Waals surface area contributed by atoms with Gasteiger partial charge in [-0.05, 0) is 45.2 Å². The predicted molar refractivity (Wildman–Crippen MR) is 73.0 cm³/mol. The van der Waals surface area contributed by atoms with Gasteiger partial charge in [0.25, 0.3) is 0 Å². The van der Waals surface area contributed by atoms with Crippen LogP contribution in [0.15, 0.2) is 4.52 Å². The molecular formula is C12H21ClN4O2. The number of amides is 1. The van der Waals surface area contributed by atoms with Gasteiger partial charge in [-0.2, -0.15) is 4.98 Å². The first-order valence-corrected chi connectivity index (χ1v) is 6.50. The quantitative estimate of drug-likeness (QED) is 0.851. The Morgan fingerprint density at radius 1 is 1.47 bits per heavy atom. The molecule has 108 valence electrons. The van der Waals surface area contributed by atoms with Crippen molar-refractivity contribution < 1.29 is 9.32 Å². The van der Waals surface area contributed by atoms with Crippen LogP contribution >= 0.6 is 12.4 Å². The van der Waals surface area contributed by atoms with Crippen molar-refractivity contribution in [2.24, 2.45) is 5.92 Å². The van der Waals surface area contributed by atoms with E-state index in [0.717, 1.165) is 19.5 Å². The van der Waals surface area contributed by atoms with E-state index in [2.05, 4.69) is 20.8 Å². The normalized spacial score (nSPS) is 15.8. The number of nitrogens with one attached hydrogen (secondary N) is 2. The van der Waals surface area contributed by atoms with Gasteiger partial charge in [0.2, 0.25) is 11.8 Å². The first-order chi connectivity index (χ1) is 8.74. The van der Waals surface area contributed by atoms with Crippen LogP contribution in [-0.4, -0.2) is 29.1 Å². The molecule has 0 saturated carbocycles. The molecule has 1 fully saturated rings. The van der Waals surface area contributed by atoms with Crippen molar-refractivity contribution in [1.82, 2.24) is 20.8 Å². The maximum atomic E-state index is 11.6. The van der Waals surface area contributed by atoms with Gasteiger partial charge in [0, 0.05) is 6.42 Å². The number of carbonyl (C=O) groups is 1. The average molecular weight is 289 g/mol. The van der Waals surface area contributed by atoms with Crippen LogP contribution in [0.5, 0.6) is 0 Å². The molecule has 6 nitrogen and oxygen atoms in total. The van der Waals surface area contributed by atoms with E-state index < -0.39 is 0 Å². The van der Waals surface area contributed by atoms with Crippen molar-refractivity contribution in [1.29, 1.82) is 0 Å². The summed E-state index contributed by atoms with van der Waals surface area (Å²) in [7, 11) is 0. The average Bonchev–Trinajstić information content (AvgIpc) is 2.81. The molecule has 0 spiro atoms. The zero-order valence-electron chi connectivity index (χ0n) is 11.1. The number of aryl methyl sites for hydroxylation is 1. The number of piperidine rings is 1. The van der Waals surface area contributed by atoms with E-state index in [1.54, 1.807) is 6.92 Å². The fourth-order valence-corrected chi connectivity index (χ4v) is 2.18. The Bertz CT molecular complexity index is 391. The van der Waals surface area contributed by atoms with Gasteiger partial charge in [0.05, 0.1) is 6.54 Å². The second-order valence-electron chi connectivity index (χ2n) is 4.74. The number of hydrogen-bond acceptors (Lipinski definition) is 5. The molecule has 0 bridgehead atoms. The smallest absolute Gasteiger partial charge is 0.246 e. The maximum absolute atomic E-state index is 11.6. The molecule has 1 aliphatic heterocycles. The topological polar surface area (TPSA) is 80.0 Å². The summed E-state index contributed by atoms with van der Waals surface area (Å²) in [6.45, 7) is 4.24. The van der Waals surface area contributed by atoms with Gasteiger partial charge >= 0.3 is 0 Å². The van der Waals surface area contributed by atoms with Crippen LogP contribution in [0, 0.1) is 12.8 Å². The highest BCUT2D eigenvalue weighted by atomic mass is 35.5. The van der Waals surface area contributed by atoms with Crippen molar-refractivity contribution >= 4 is 18.3 Å². The highest BCUT2D eigenvalue weighted by molar-refractivity contribution is 5.85. The van der Waals surface area contributed by atoms with Gasteiger partial charge in [-0.1, -0.05) is 5.16 Å². The van der Waals surface area contributed by atoms with Gasteiger partial charge in [0.15, 0.2) is 5.82 Å².